The molecule has 0 amide bonds. The van der Waals surface area contributed by atoms with Gasteiger partial charge in [0.2, 0.25) is 11.9 Å². The van der Waals surface area contributed by atoms with E-state index >= 15 is 0 Å². The van der Waals surface area contributed by atoms with E-state index in [4.69, 9.17) is 10.8 Å². The van der Waals surface area contributed by atoms with Crippen molar-refractivity contribution < 1.29 is 5.11 Å². The first-order chi connectivity index (χ1) is 9.72. The lowest BCUT2D eigenvalue weighted by atomic mass is 10.0. The molecule has 0 spiro atoms. The van der Waals surface area contributed by atoms with Crippen LogP contribution in [0, 0.1) is 5.92 Å². The summed E-state index contributed by atoms with van der Waals surface area (Å²) in [6.07, 6.45) is 5.09. The molecule has 2 rings (SSSR count). The Bertz CT molecular complexity index is 529. The van der Waals surface area contributed by atoms with Gasteiger partial charge >= 0.3 is 0 Å². The minimum atomic E-state index is 0.142. The van der Waals surface area contributed by atoms with E-state index in [1.165, 1.54) is 4.68 Å². The number of aliphatic hydroxyl groups is 1. The van der Waals surface area contributed by atoms with Crippen LogP contribution in [0.4, 0.5) is 11.9 Å². The molecule has 0 aromatic carbocycles. The zero-order valence-corrected chi connectivity index (χ0v) is 11.4. The fourth-order valence-corrected chi connectivity index (χ4v) is 1.82. The number of nitrogens with zero attached hydrogens (tertiary/aromatic N) is 5. The Labute approximate surface area is 117 Å². The third-order valence-electron chi connectivity index (χ3n) is 3.01. The zero-order valence-electron chi connectivity index (χ0n) is 11.4. The van der Waals surface area contributed by atoms with Gasteiger partial charge < -0.3 is 16.2 Å². The predicted molar refractivity (Wildman–Crippen MR) is 75.3 cm³/mol. The average Bonchev–Trinajstić information content (AvgIpc) is 2.97. The first-order valence-corrected chi connectivity index (χ1v) is 6.59. The number of hydrogen-bond acceptors (Lipinski definition) is 7. The molecule has 1 atom stereocenters. The quantitative estimate of drug-likeness (QED) is 0.673. The van der Waals surface area contributed by atoms with E-state index in [2.05, 4.69) is 32.3 Å². The van der Waals surface area contributed by atoms with Crippen LogP contribution in [0.5, 0.6) is 0 Å². The van der Waals surface area contributed by atoms with Gasteiger partial charge in [-0.25, -0.2) is 4.68 Å². The topological polar surface area (TPSA) is 115 Å². The van der Waals surface area contributed by atoms with Gasteiger partial charge in [-0.1, -0.05) is 13.3 Å². The van der Waals surface area contributed by atoms with Crippen LogP contribution in [-0.2, 0) is 0 Å². The molecule has 0 aliphatic heterocycles. The molecule has 2 aromatic rings. The number of anilines is 2. The highest BCUT2D eigenvalue weighted by Crippen LogP contribution is 2.10. The number of aromatic nitrogens is 5. The lowest BCUT2D eigenvalue weighted by Gasteiger charge is -2.14. The molecular weight excluding hydrogens is 258 g/mol. The SMILES string of the molecule is CCC(CCO)CNc1nc(N)nc(-n2cccn2)n1. The minimum absolute atomic E-state index is 0.142. The molecule has 0 aliphatic rings. The van der Waals surface area contributed by atoms with E-state index in [-0.39, 0.29) is 12.6 Å². The molecule has 8 heteroatoms. The van der Waals surface area contributed by atoms with E-state index in [0.29, 0.717) is 24.4 Å². The summed E-state index contributed by atoms with van der Waals surface area (Å²) < 4.78 is 1.52. The van der Waals surface area contributed by atoms with Crippen LogP contribution < -0.4 is 11.1 Å². The molecule has 20 heavy (non-hydrogen) atoms. The fraction of sp³-hybridized carbons (Fsp3) is 0.500. The van der Waals surface area contributed by atoms with Crippen LogP contribution >= 0.6 is 0 Å². The molecule has 1 unspecified atom stereocenters. The number of rotatable bonds is 7. The Morgan fingerprint density at radius 3 is 2.90 bits per heavy atom. The molecule has 0 saturated carbocycles. The summed E-state index contributed by atoms with van der Waals surface area (Å²) in [5.74, 6) is 1.30. The van der Waals surface area contributed by atoms with E-state index in [0.717, 1.165) is 12.8 Å². The summed E-state index contributed by atoms with van der Waals surface area (Å²) in [5, 5.41) is 16.2. The standard InChI is InChI=1S/C12H19N7O/c1-2-9(4-7-20)8-14-11-16-10(13)17-12(18-11)19-6-3-5-15-19/h3,5-6,9,20H,2,4,7-8H2,1H3,(H3,13,14,16,17,18). The highest BCUT2D eigenvalue weighted by Gasteiger charge is 2.09. The second kappa shape index (κ2) is 6.80. The van der Waals surface area contributed by atoms with Crippen molar-refractivity contribution in [2.45, 2.75) is 19.8 Å². The van der Waals surface area contributed by atoms with Crippen LogP contribution in [0.1, 0.15) is 19.8 Å². The van der Waals surface area contributed by atoms with Gasteiger partial charge in [-0.05, 0) is 18.4 Å². The number of hydrogen-bond donors (Lipinski definition) is 3. The van der Waals surface area contributed by atoms with Crippen molar-refractivity contribution in [3.05, 3.63) is 18.5 Å². The van der Waals surface area contributed by atoms with Crippen LogP contribution in [0.15, 0.2) is 18.5 Å². The van der Waals surface area contributed by atoms with Gasteiger partial charge in [0.25, 0.3) is 5.95 Å². The second-order valence-electron chi connectivity index (χ2n) is 4.44. The average molecular weight is 277 g/mol. The fourth-order valence-electron chi connectivity index (χ4n) is 1.82. The maximum Gasteiger partial charge on any atom is 0.257 e. The Morgan fingerprint density at radius 1 is 1.40 bits per heavy atom. The molecule has 0 fully saturated rings. The smallest absolute Gasteiger partial charge is 0.257 e. The molecule has 0 saturated heterocycles. The van der Waals surface area contributed by atoms with Crippen molar-refractivity contribution in [1.29, 1.82) is 0 Å². The zero-order chi connectivity index (χ0) is 14.4. The monoisotopic (exact) mass is 277 g/mol. The first kappa shape index (κ1) is 14.2. The first-order valence-electron chi connectivity index (χ1n) is 6.59. The van der Waals surface area contributed by atoms with Crippen molar-refractivity contribution >= 4 is 11.9 Å². The normalized spacial score (nSPS) is 12.3. The molecule has 2 aromatic heterocycles. The van der Waals surface area contributed by atoms with Crippen LogP contribution in [0.25, 0.3) is 5.95 Å². The summed E-state index contributed by atoms with van der Waals surface area (Å²) in [6.45, 7) is 2.94. The van der Waals surface area contributed by atoms with Crippen molar-refractivity contribution in [2.75, 3.05) is 24.2 Å². The van der Waals surface area contributed by atoms with Gasteiger partial charge in [-0.2, -0.15) is 20.1 Å². The second-order valence-corrected chi connectivity index (χ2v) is 4.44. The van der Waals surface area contributed by atoms with Crippen LogP contribution in [0.3, 0.4) is 0 Å². The summed E-state index contributed by atoms with van der Waals surface area (Å²) >= 11 is 0. The number of nitrogen functional groups attached to an aromatic ring is 1. The summed E-state index contributed by atoms with van der Waals surface area (Å²) in [7, 11) is 0. The molecule has 8 nitrogen and oxygen atoms in total. The number of aliphatic hydroxyl groups excluding tert-OH is 1. The lowest BCUT2D eigenvalue weighted by Crippen LogP contribution is -2.18. The van der Waals surface area contributed by atoms with E-state index in [1.54, 1.807) is 18.5 Å². The third-order valence-corrected chi connectivity index (χ3v) is 3.01. The summed E-state index contributed by atoms with van der Waals surface area (Å²) in [6, 6.07) is 1.78. The van der Waals surface area contributed by atoms with Gasteiger partial charge in [0.1, 0.15) is 0 Å². The molecule has 0 aliphatic carbocycles. The molecular formula is C12H19N7O. The molecule has 2 heterocycles. The molecule has 4 N–H and O–H groups in total. The highest BCUT2D eigenvalue weighted by atomic mass is 16.3. The van der Waals surface area contributed by atoms with Crippen LogP contribution in [-0.4, -0.2) is 43.0 Å². The van der Waals surface area contributed by atoms with E-state index < -0.39 is 0 Å². The van der Waals surface area contributed by atoms with Crippen molar-refractivity contribution in [2.24, 2.45) is 5.92 Å². The summed E-state index contributed by atoms with van der Waals surface area (Å²) in [4.78, 5) is 12.4. The molecule has 0 bridgehead atoms. The number of nitrogens with two attached hydrogens (primary N) is 1. The van der Waals surface area contributed by atoms with Crippen molar-refractivity contribution in [1.82, 2.24) is 24.7 Å². The van der Waals surface area contributed by atoms with E-state index in [9.17, 15) is 0 Å². The Hall–Kier alpha value is -2.22. The molecule has 108 valence electrons. The van der Waals surface area contributed by atoms with Gasteiger partial charge in [0.15, 0.2) is 0 Å². The highest BCUT2D eigenvalue weighted by molar-refractivity contribution is 5.34. The Morgan fingerprint density at radius 2 is 2.25 bits per heavy atom. The maximum absolute atomic E-state index is 8.98. The molecule has 0 radical (unpaired) electrons. The Balaban J connectivity index is 2.08. The van der Waals surface area contributed by atoms with E-state index in [1.807, 2.05) is 0 Å². The number of nitrogens with one attached hydrogen (secondary N) is 1. The maximum atomic E-state index is 8.98. The van der Waals surface area contributed by atoms with Crippen LogP contribution in [0.2, 0.25) is 0 Å². The van der Waals surface area contributed by atoms with Crippen molar-refractivity contribution in [3.63, 3.8) is 0 Å². The van der Waals surface area contributed by atoms with Gasteiger partial charge in [0, 0.05) is 25.5 Å². The van der Waals surface area contributed by atoms with Gasteiger partial charge in [0.05, 0.1) is 0 Å². The van der Waals surface area contributed by atoms with Crippen molar-refractivity contribution in [3.8, 4) is 5.95 Å². The largest absolute Gasteiger partial charge is 0.396 e. The van der Waals surface area contributed by atoms with Gasteiger partial charge in [-0.15, -0.1) is 0 Å². The predicted octanol–water partition coefficient (Wildman–Crippen LogP) is 0.460. The summed E-state index contributed by atoms with van der Waals surface area (Å²) in [5.41, 5.74) is 5.68. The van der Waals surface area contributed by atoms with Gasteiger partial charge in [-0.3, -0.25) is 0 Å². The Kier molecular flexibility index (Phi) is 4.83. The lowest BCUT2D eigenvalue weighted by molar-refractivity contribution is 0.258. The third kappa shape index (κ3) is 3.64. The minimum Gasteiger partial charge on any atom is -0.396 e.